The minimum Gasteiger partial charge on any atom is -0.411 e. The van der Waals surface area contributed by atoms with Gasteiger partial charge in [-0.2, -0.15) is 0 Å². The number of Topliss-reactive ketones (excluding diaryl/α,β-unsaturated/α-hetero) is 1. The van der Waals surface area contributed by atoms with Crippen molar-refractivity contribution in [2.45, 2.75) is 32.0 Å². The maximum atomic E-state index is 12.7. The predicted octanol–water partition coefficient (Wildman–Crippen LogP) is 4.99. The van der Waals surface area contributed by atoms with E-state index in [0.717, 1.165) is 17.0 Å². The number of ether oxygens (including phenoxy) is 1. The minimum absolute atomic E-state index is 0.0280. The van der Waals surface area contributed by atoms with Crippen molar-refractivity contribution in [2.24, 2.45) is 0 Å². The van der Waals surface area contributed by atoms with Gasteiger partial charge in [0.2, 0.25) is 5.89 Å². The molecule has 0 amide bonds. The molecule has 6 nitrogen and oxygen atoms in total. The fourth-order valence-electron chi connectivity index (χ4n) is 3.24. The quantitative estimate of drug-likeness (QED) is 0.378. The van der Waals surface area contributed by atoms with Gasteiger partial charge in [0.05, 0.1) is 18.4 Å². The van der Waals surface area contributed by atoms with Crippen LogP contribution in [0.2, 0.25) is 5.02 Å². The molecule has 8 heteroatoms. The molecule has 1 atom stereocenters. The van der Waals surface area contributed by atoms with Gasteiger partial charge in [-0.05, 0) is 51.1 Å². The number of hydrogen-bond acceptors (Lipinski definition) is 6. The van der Waals surface area contributed by atoms with E-state index in [0.29, 0.717) is 28.3 Å². The molecule has 0 spiro atoms. The second-order valence-electron chi connectivity index (χ2n) is 6.55. The summed E-state index contributed by atoms with van der Waals surface area (Å²) in [5.74, 6) is 0.656. The van der Waals surface area contributed by atoms with Crippen LogP contribution < -0.4 is 0 Å². The first-order chi connectivity index (χ1) is 13.4. The van der Waals surface area contributed by atoms with Crippen molar-refractivity contribution in [3.05, 3.63) is 52.3 Å². The maximum Gasteiger partial charge on any atom is 0.277 e. The number of nitrogens with zero attached hydrogens (tertiary/aromatic N) is 3. The van der Waals surface area contributed by atoms with E-state index in [1.165, 1.54) is 11.8 Å². The average Bonchev–Trinajstić information content (AvgIpc) is 3.25. The molecule has 148 valence electrons. The Morgan fingerprint density at radius 2 is 2.00 bits per heavy atom. The number of benzene rings is 1. The van der Waals surface area contributed by atoms with Crippen molar-refractivity contribution < 1.29 is 13.9 Å². The molecule has 2 aromatic heterocycles. The topological polar surface area (TPSA) is 70.2 Å². The molecule has 0 unspecified atom stereocenters. The summed E-state index contributed by atoms with van der Waals surface area (Å²) < 4.78 is 13.0. The van der Waals surface area contributed by atoms with Crippen LogP contribution in [0.3, 0.4) is 0 Å². The van der Waals surface area contributed by atoms with E-state index in [4.69, 9.17) is 20.8 Å². The van der Waals surface area contributed by atoms with Gasteiger partial charge in [-0.15, -0.1) is 10.2 Å². The molecule has 0 aliphatic heterocycles. The zero-order valence-electron chi connectivity index (χ0n) is 16.2. The SMILES string of the molecule is COC[C@@H](C)n1c(C)cc(C(=O)CSc2nnc(-c3ccc(Cl)cc3)o2)c1C. The molecule has 0 radical (unpaired) electrons. The Hall–Kier alpha value is -2.09. The Morgan fingerprint density at radius 1 is 1.29 bits per heavy atom. The summed E-state index contributed by atoms with van der Waals surface area (Å²) in [6.07, 6.45) is 0. The molecule has 3 rings (SSSR count). The van der Waals surface area contributed by atoms with Gasteiger partial charge in [-0.1, -0.05) is 23.4 Å². The third kappa shape index (κ3) is 4.48. The number of aryl methyl sites for hydroxylation is 1. The zero-order chi connectivity index (χ0) is 20.3. The number of hydrogen-bond donors (Lipinski definition) is 0. The van der Waals surface area contributed by atoms with Gasteiger partial charge in [0.25, 0.3) is 5.22 Å². The van der Waals surface area contributed by atoms with Crippen LogP contribution in [-0.4, -0.2) is 40.0 Å². The third-order valence-corrected chi connectivity index (χ3v) is 5.53. The monoisotopic (exact) mass is 419 g/mol. The van der Waals surface area contributed by atoms with Crippen LogP contribution in [0.1, 0.15) is 34.7 Å². The Balaban J connectivity index is 1.68. The number of carbonyl (C=O) groups excluding carboxylic acids is 1. The Labute approximate surface area is 173 Å². The average molecular weight is 420 g/mol. The molecule has 0 aliphatic carbocycles. The summed E-state index contributed by atoms with van der Waals surface area (Å²) >= 11 is 7.13. The Morgan fingerprint density at radius 3 is 2.68 bits per heavy atom. The number of ketones is 1. The number of rotatable bonds is 8. The number of aromatic nitrogens is 3. The van der Waals surface area contributed by atoms with E-state index in [-0.39, 0.29) is 17.6 Å². The van der Waals surface area contributed by atoms with Gasteiger partial charge >= 0.3 is 0 Å². The molecule has 1 aromatic carbocycles. The van der Waals surface area contributed by atoms with Crippen LogP contribution in [-0.2, 0) is 4.74 Å². The lowest BCUT2D eigenvalue weighted by Gasteiger charge is -2.17. The second-order valence-corrected chi connectivity index (χ2v) is 7.91. The van der Waals surface area contributed by atoms with Gasteiger partial charge in [0, 0.05) is 34.6 Å². The van der Waals surface area contributed by atoms with Crippen molar-refractivity contribution in [1.82, 2.24) is 14.8 Å². The van der Waals surface area contributed by atoms with Gasteiger partial charge in [-0.3, -0.25) is 4.79 Å². The molecule has 0 fully saturated rings. The van der Waals surface area contributed by atoms with Crippen LogP contribution in [0.5, 0.6) is 0 Å². The van der Waals surface area contributed by atoms with Crippen molar-refractivity contribution >= 4 is 29.1 Å². The highest BCUT2D eigenvalue weighted by atomic mass is 35.5. The van der Waals surface area contributed by atoms with Gasteiger partial charge < -0.3 is 13.7 Å². The van der Waals surface area contributed by atoms with Crippen molar-refractivity contribution in [3.63, 3.8) is 0 Å². The van der Waals surface area contributed by atoms with E-state index in [9.17, 15) is 4.79 Å². The second kappa shape index (κ2) is 8.94. The summed E-state index contributed by atoms with van der Waals surface area (Å²) in [6.45, 7) is 6.62. The highest BCUT2D eigenvalue weighted by Gasteiger charge is 2.20. The third-order valence-electron chi connectivity index (χ3n) is 4.46. The molecular weight excluding hydrogens is 398 g/mol. The summed E-state index contributed by atoms with van der Waals surface area (Å²) in [7, 11) is 1.68. The standard InChI is InChI=1S/C20H22ClN3O3S/c1-12-9-17(14(3)24(12)13(2)10-26-4)18(25)11-28-20-23-22-19(27-20)15-5-7-16(21)8-6-15/h5-9,13H,10-11H2,1-4H3/t13-/m1/s1. The van der Waals surface area contributed by atoms with Crippen LogP contribution in [0.15, 0.2) is 40.0 Å². The molecular formula is C20H22ClN3O3S. The Bertz CT molecular complexity index is 966. The van der Waals surface area contributed by atoms with Gasteiger partial charge in [0.1, 0.15) is 0 Å². The molecule has 2 heterocycles. The van der Waals surface area contributed by atoms with Crippen LogP contribution in [0.4, 0.5) is 0 Å². The summed E-state index contributed by atoms with van der Waals surface area (Å²) in [5, 5.41) is 9.05. The molecule has 0 bridgehead atoms. The fraction of sp³-hybridized carbons (Fsp3) is 0.350. The Kier molecular flexibility index (Phi) is 6.59. The van der Waals surface area contributed by atoms with Gasteiger partial charge in [-0.25, -0.2) is 0 Å². The highest BCUT2D eigenvalue weighted by Crippen LogP contribution is 2.26. The lowest BCUT2D eigenvalue weighted by atomic mass is 10.2. The zero-order valence-corrected chi connectivity index (χ0v) is 17.8. The van der Waals surface area contributed by atoms with Crippen molar-refractivity contribution in [1.29, 1.82) is 0 Å². The van der Waals surface area contributed by atoms with E-state index in [1.54, 1.807) is 19.2 Å². The summed E-state index contributed by atoms with van der Waals surface area (Å²) in [4.78, 5) is 12.7. The van der Waals surface area contributed by atoms with Crippen molar-refractivity contribution in [2.75, 3.05) is 19.5 Å². The first kappa shape index (κ1) is 20.6. The van der Waals surface area contributed by atoms with Gasteiger partial charge in [0.15, 0.2) is 5.78 Å². The van der Waals surface area contributed by atoms with E-state index < -0.39 is 0 Å². The lowest BCUT2D eigenvalue weighted by molar-refractivity contribution is 0.102. The molecule has 28 heavy (non-hydrogen) atoms. The van der Waals surface area contributed by atoms with E-state index in [2.05, 4.69) is 21.7 Å². The first-order valence-corrected chi connectivity index (χ1v) is 10.2. The predicted molar refractivity (Wildman–Crippen MR) is 110 cm³/mol. The van der Waals surface area contributed by atoms with Crippen LogP contribution >= 0.6 is 23.4 Å². The molecule has 0 aliphatic rings. The number of carbonyl (C=O) groups is 1. The normalized spacial score (nSPS) is 12.3. The van der Waals surface area contributed by atoms with E-state index >= 15 is 0 Å². The molecule has 3 aromatic rings. The van der Waals surface area contributed by atoms with E-state index in [1.807, 2.05) is 32.0 Å². The number of thioether (sulfide) groups is 1. The smallest absolute Gasteiger partial charge is 0.277 e. The fourth-order valence-corrected chi connectivity index (χ4v) is 4.01. The molecule has 0 N–H and O–H groups in total. The number of methoxy groups -OCH3 is 1. The number of halogens is 1. The van der Waals surface area contributed by atoms with Crippen molar-refractivity contribution in [3.8, 4) is 11.5 Å². The first-order valence-electron chi connectivity index (χ1n) is 8.83. The lowest BCUT2D eigenvalue weighted by Crippen LogP contribution is -2.14. The largest absolute Gasteiger partial charge is 0.411 e. The maximum absolute atomic E-state index is 12.7. The minimum atomic E-state index is 0.0280. The van der Waals surface area contributed by atoms with Crippen LogP contribution in [0.25, 0.3) is 11.5 Å². The summed E-state index contributed by atoms with van der Waals surface area (Å²) in [5.41, 5.74) is 3.48. The van der Waals surface area contributed by atoms with Crippen LogP contribution in [0, 0.1) is 13.8 Å². The highest BCUT2D eigenvalue weighted by molar-refractivity contribution is 7.99. The molecule has 0 saturated carbocycles. The molecule has 0 saturated heterocycles. The summed E-state index contributed by atoms with van der Waals surface area (Å²) in [6, 6.07) is 9.24.